The fraction of sp³-hybridized carbons (Fsp3) is 0.192. The molecule has 0 spiro atoms. The number of nitrogens with zero attached hydrogens (tertiary/aromatic N) is 1. The van der Waals surface area contributed by atoms with E-state index >= 15 is 0 Å². The maximum atomic E-state index is 8.49. The molecule has 2 aromatic heterocycles. The van der Waals surface area contributed by atoms with Gasteiger partial charge >= 0.3 is 0 Å². The van der Waals surface area contributed by atoms with E-state index in [4.69, 9.17) is 9.90 Å². The predicted molar refractivity (Wildman–Crippen MR) is 117 cm³/mol. The number of aromatic nitrogens is 1. The topological polar surface area (TPSA) is 17.0 Å². The van der Waals surface area contributed by atoms with E-state index < -0.39 is 12.7 Å². The number of furan rings is 1. The second-order valence-corrected chi connectivity index (χ2v) is 7.42. The molecule has 0 aliphatic rings. The molecule has 0 fully saturated rings. The van der Waals surface area contributed by atoms with Crippen LogP contribution in [0.3, 0.4) is 0 Å². The van der Waals surface area contributed by atoms with Crippen molar-refractivity contribution in [2.75, 3.05) is 0 Å². The Morgan fingerprint density at radius 1 is 0.964 bits per heavy atom. The number of hydrogen-bond donors (Lipinski definition) is 0. The minimum Gasteiger partial charge on any atom is -0.455 e. The summed E-state index contributed by atoms with van der Waals surface area (Å²) in [6.45, 7) is 1.04. The van der Waals surface area contributed by atoms with Crippen LogP contribution >= 0.6 is 0 Å². The van der Waals surface area contributed by atoms with Gasteiger partial charge in [0.1, 0.15) is 18.2 Å². The van der Waals surface area contributed by atoms with Crippen molar-refractivity contribution in [1.82, 2.24) is 0 Å². The van der Waals surface area contributed by atoms with Gasteiger partial charge in [-0.1, -0.05) is 44.1 Å². The molecule has 0 saturated carbocycles. The normalized spacial score (nSPS) is 16.5. The first kappa shape index (κ1) is 13.1. The van der Waals surface area contributed by atoms with Crippen LogP contribution in [0.25, 0.3) is 44.0 Å². The summed E-state index contributed by atoms with van der Waals surface area (Å²) in [4.78, 5) is 0. The molecule has 0 aliphatic heterocycles. The monoisotopic (exact) mass is 370 g/mol. The number of pyridine rings is 1. The van der Waals surface area contributed by atoms with Gasteiger partial charge < -0.3 is 4.42 Å². The summed E-state index contributed by atoms with van der Waals surface area (Å²) < 4.78 is 40.3. The molecule has 5 aromatic rings. The smallest absolute Gasteiger partial charge is 0.212 e. The zero-order valence-electron chi connectivity index (χ0n) is 20.2. The van der Waals surface area contributed by atoms with Crippen LogP contribution in [0.1, 0.15) is 36.3 Å². The van der Waals surface area contributed by atoms with Crippen molar-refractivity contribution < 1.29 is 14.5 Å². The first-order chi connectivity index (χ1) is 15.1. The van der Waals surface area contributed by atoms with E-state index in [0.717, 1.165) is 49.5 Å². The molecule has 2 nitrogen and oxygen atoms in total. The van der Waals surface area contributed by atoms with Crippen molar-refractivity contribution in [1.29, 1.82) is 0 Å². The molecule has 0 saturated heterocycles. The Balaban J connectivity index is 1.75. The SMILES string of the molecule is [2H]C([2H])([2H])C([2H])(C)c1cc[n+](C)c(-c2ccc3c(oc4c5ccccc5ccc34)c2C)c1. The Morgan fingerprint density at radius 2 is 1.75 bits per heavy atom. The molecule has 1 unspecified atom stereocenters. The number of rotatable bonds is 2. The summed E-state index contributed by atoms with van der Waals surface area (Å²) in [5.41, 5.74) is 4.93. The van der Waals surface area contributed by atoms with Crippen molar-refractivity contribution in [2.45, 2.75) is 26.6 Å². The molecule has 2 heterocycles. The van der Waals surface area contributed by atoms with Gasteiger partial charge in [-0.3, -0.25) is 0 Å². The standard InChI is InChI=1S/C26H24NO/c1-16(2)19-13-14-27(4)24(15-19)20-11-12-22-23-10-9-18-7-5-6-8-21(18)26(23)28-25(22)17(20)3/h5-16H,1-4H3/q+1/i1D3,16D. The molecule has 0 aliphatic carbocycles. The van der Waals surface area contributed by atoms with Gasteiger partial charge in [-0.15, -0.1) is 0 Å². The van der Waals surface area contributed by atoms with E-state index in [0.29, 0.717) is 5.56 Å². The van der Waals surface area contributed by atoms with Crippen molar-refractivity contribution >= 4 is 32.7 Å². The third-order valence-corrected chi connectivity index (χ3v) is 5.64. The van der Waals surface area contributed by atoms with Gasteiger partial charge in [0.05, 0.1) is 5.56 Å². The van der Waals surface area contributed by atoms with Gasteiger partial charge in [-0.25, -0.2) is 4.57 Å². The third-order valence-electron chi connectivity index (χ3n) is 5.64. The minimum atomic E-state index is -2.43. The second-order valence-electron chi connectivity index (χ2n) is 7.42. The highest BCUT2D eigenvalue weighted by atomic mass is 16.3. The molecule has 0 bridgehead atoms. The largest absolute Gasteiger partial charge is 0.455 e. The minimum absolute atomic E-state index is 0.459. The lowest BCUT2D eigenvalue weighted by Gasteiger charge is -2.09. The summed E-state index contributed by atoms with van der Waals surface area (Å²) in [5, 5.41) is 4.35. The first-order valence-electron chi connectivity index (χ1n) is 11.4. The fourth-order valence-electron chi connectivity index (χ4n) is 4.05. The molecule has 3 aromatic carbocycles. The maximum absolute atomic E-state index is 8.49. The summed E-state index contributed by atoms with van der Waals surface area (Å²) in [6, 6.07) is 20.0. The van der Waals surface area contributed by atoms with E-state index in [1.807, 2.05) is 42.9 Å². The molecule has 0 amide bonds. The fourth-order valence-corrected chi connectivity index (χ4v) is 4.05. The lowest BCUT2D eigenvalue weighted by Crippen LogP contribution is -2.30. The average molecular weight is 371 g/mol. The van der Waals surface area contributed by atoms with Crippen LogP contribution in [0.5, 0.6) is 0 Å². The van der Waals surface area contributed by atoms with Crippen LogP contribution in [-0.4, -0.2) is 0 Å². The molecule has 0 N–H and O–H groups in total. The van der Waals surface area contributed by atoms with Crippen LogP contribution in [0.4, 0.5) is 0 Å². The molecule has 28 heavy (non-hydrogen) atoms. The van der Waals surface area contributed by atoms with Crippen molar-refractivity contribution in [2.24, 2.45) is 7.05 Å². The third kappa shape index (κ3) is 2.45. The lowest BCUT2D eigenvalue weighted by molar-refractivity contribution is -0.660. The van der Waals surface area contributed by atoms with Gasteiger partial charge in [0, 0.05) is 39.3 Å². The van der Waals surface area contributed by atoms with Crippen LogP contribution < -0.4 is 4.57 Å². The molecule has 1 atom stereocenters. The zero-order chi connectivity index (χ0) is 22.8. The van der Waals surface area contributed by atoms with Crippen molar-refractivity contribution in [3.05, 3.63) is 78.0 Å². The van der Waals surface area contributed by atoms with Gasteiger partial charge in [0.2, 0.25) is 5.69 Å². The molecular weight excluding hydrogens is 342 g/mol. The van der Waals surface area contributed by atoms with E-state index in [1.165, 1.54) is 6.92 Å². The Kier molecular flexibility index (Phi) is 2.90. The number of hydrogen-bond acceptors (Lipinski definition) is 1. The average Bonchev–Trinajstić information content (AvgIpc) is 3.14. The van der Waals surface area contributed by atoms with Crippen LogP contribution in [0.2, 0.25) is 0 Å². The Bertz CT molecular complexity index is 1510. The number of fused-ring (bicyclic) bond motifs is 5. The molecule has 0 radical (unpaired) electrons. The van der Waals surface area contributed by atoms with Gasteiger partial charge in [-0.05, 0) is 42.0 Å². The Hall–Kier alpha value is -3.13. The number of benzene rings is 3. The van der Waals surface area contributed by atoms with Gasteiger partial charge in [-0.2, -0.15) is 0 Å². The van der Waals surface area contributed by atoms with Crippen molar-refractivity contribution in [3.8, 4) is 11.3 Å². The highest BCUT2D eigenvalue weighted by Crippen LogP contribution is 2.38. The quantitative estimate of drug-likeness (QED) is 0.317. The summed E-state index contributed by atoms with van der Waals surface area (Å²) in [5.74, 6) is -1.70. The number of aryl methyl sites for hydroxylation is 2. The van der Waals surface area contributed by atoms with Crippen LogP contribution in [0.15, 0.2) is 71.3 Å². The van der Waals surface area contributed by atoms with E-state index in [1.54, 1.807) is 6.07 Å². The maximum Gasteiger partial charge on any atom is 0.212 e. The van der Waals surface area contributed by atoms with E-state index in [2.05, 4.69) is 36.4 Å². The molecular formula is C26H24NO+. The second kappa shape index (κ2) is 6.20. The summed E-state index contributed by atoms with van der Waals surface area (Å²) in [6.07, 6.45) is 1.82. The Morgan fingerprint density at radius 3 is 2.61 bits per heavy atom. The van der Waals surface area contributed by atoms with Gasteiger partial charge in [0.15, 0.2) is 6.20 Å². The molecule has 138 valence electrons. The molecule has 5 rings (SSSR count). The van der Waals surface area contributed by atoms with E-state index in [-0.39, 0.29) is 0 Å². The van der Waals surface area contributed by atoms with Crippen molar-refractivity contribution in [3.63, 3.8) is 0 Å². The molecule has 2 heteroatoms. The zero-order valence-corrected chi connectivity index (χ0v) is 16.2. The highest BCUT2D eigenvalue weighted by molar-refractivity contribution is 6.15. The van der Waals surface area contributed by atoms with Crippen LogP contribution in [-0.2, 0) is 7.05 Å². The predicted octanol–water partition coefficient (Wildman–Crippen LogP) is 6.66. The highest BCUT2D eigenvalue weighted by Gasteiger charge is 2.19. The van der Waals surface area contributed by atoms with E-state index in [9.17, 15) is 0 Å². The lowest BCUT2D eigenvalue weighted by atomic mass is 9.97. The van der Waals surface area contributed by atoms with Crippen LogP contribution in [0, 0.1) is 6.92 Å². The van der Waals surface area contributed by atoms with Gasteiger partial charge in [0.25, 0.3) is 0 Å². The summed E-state index contributed by atoms with van der Waals surface area (Å²) >= 11 is 0. The first-order valence-corrected chi connectivity index (χ1v) is 9.44. The Labute approximate surface area is 170 Å². The summed E-state index contributed by atoms with van der Waals surface area (Å²) in [7, 11) is 1.92.